The van der Waals surface area contributed by atoms with Crippen molar-refractivity contribution >= 4 is 47.1 Å². The summed E-state index contributed by atoms with van der Waals surface area (Å²) in [6, 6.07) is 3.77. The number of furan rings is 1. The topological polar surface area (TPSA) is 78.1 Å². The van der Waals surface area contributed by atoms with Crippen molar-refractivity contribution in [2.45, 2.75) is 24.8 Å². The fraction of sp³-hybridized carbons (Fsp3) is 0.333. The molecule has 0 aromatic carbocycles. The Hall–Kier alpha value is -0.860. The van der Waals surface area contributed by atoms with E-state index in [1.807, 2.05) is 12.1 Å². The van der Waals surface area contributed by atoms with E-state index < -0.39 is 0 Å². The molecule has 1 aliphatic carbocycles. The lowest BCUT2D eigenvalue weighted by Crippen LogP contribution is -2.44. The third-order valence-corrected chi connectivity index (χ3v) is 3.70. The lowest BCUT2D eigenvalue weighted by atomic mass is 9.77. The highest BCUT2D eigenvalue weighted by atomic mass is 127. The smallest absolute Gasteiger partial charge is 0.250 e. The Balaban J connectivity index is 0.00000133. The van der Waals surface area contributed by atoms with Crippen LogP contribution in [0.3, 0.4) is 0 Å². The van der Waals surface area contributed by atoms with Crippen LogP contribution in [0.4, 0.5) is 0 Å². The van der Waals surface area contributed by atoms with Crippen molar-refractivity contribution in [1.82, 2.24) is 10.1 Å². The summed E-state index contributed by atoms with van der Waals surface area (Å²) in [5.74, 6) is 1.81. The number of rotatable bonds is 3. The van der Waals surface area contributed by atoms with Gasteiger partial charge in [-0.2, -0.15) is 4.98 Å². The van der Waals surface area contributed by atoms with Crippen LogP contribution < -0.4 is 5.73 Å². The van der Waals surface area contributed by atoms with Gasteiger partial charge in [-0.25, -0.2) is 0 Å². The fourth-order valence-electron chi connectivity index (χ4n) is 1.86. The molecule has 0 atom stereocenters. The number of nitrogens with two attached hydrogens (primary N) is 1. The second-order valence-corrected chi connectivity index (χ2v) is 5.50. The van der Waals surface area contributed by atoms with E-state index in [1.165, 1.54) is 0 Å². The van der Waals surface area contributed by atoms with Crippen molar-refractivity contribution < 1.29 is 8.94 Å². The molecule has 0 spiro atoms. The molecular formula is C12H13ClIN3O2. The monoisotopic (exact) mass is 393 g/mol. The third-order valence-electron chi connectivity index (χ3n) is 3.12. The molecule has 1 aliphatic rings. The minimum Gasteiger partial charge on any atom is -0.451 e. The second kappa shape index (κ2) is 5.64. The van der Waals surface area contributed by atoms with Crippen molar-refractivity contribution in [3.8, 4) is 0 Å². The summed E-state index contributed by atoms with van der Waals surface area (Å²) in [5, 5.41) is 3.93. The highest BCUT2D eigenvalue weighted by Gasteiger charge is 2.38. The molecule has 2 aromatic rings. The molecule has 1 saturated carbocycles. The molecule has 0 saturated heterocycles. The summed E-state index contributed by atoms with van der Waals surface area (Å²) in [5.41, 5.74) is 5.74. The molecule has 0 radical (unpaired) electrons. The van der Waals surface area contributed by atoms with Gasteiger partial charge in [0.25, 0.3) is 5.89 Å². The van der Waals surface area contributed by atoms with Crippen LogP contribution in [0.15, 0.2) is 21.1 Å². The van der Waals surface area contributed by atoms with Crippen molar-refractivity contribution in [2.24, 2.45) is 5.73 Å². The van der Waals surface area contributed by atoms with Gasteiger partial charge in [0.15, 0.2) is 9.59 Å². The van der Waals surface area contributed by atoms with Gasteiger partial charge in [-0.3, -0.25) is 0 Å². The zero-order chi connectivity index (χ0) is 12.6. The first-order valence-electron chi connectivity index (χ1n) is 5.72. The summed E-state index contributed by atoms with van der Waals surface area (Å²) in [4.78, 5) is 4.29. The lowest BCUT2D eigenvalue weighted by Gasteiger charge is -2.34. The molecule has 0 aliphatic heterocycles. The van der Waals surface area contributed by atoms with Crippen molar-refractivity contribution in [1.29, 1.82) is 0 Å². The number of hydrogen-bond acceptors (Lipinski definition) is 5. The molecular weight excluding hydrogens is 381 g/mol. The number of hydrogen-bond donors (Lipinski definition) is 1. The highest BCUT2D eigenvalue weighted by molar-refractivity contribution is 14.1. The molecule has 2 N–H and O–H groups in total. The van der Waals surface area contributed by atoms with Crippen LogP contribution in [-0.2, 0) is 5.54 Å². The van der Waals surface area contributed by atoms with Crippen molar-refractivity contribution in [3.63, 3.8) is 0 Å². The maximum absolute atomic E-state index is 6.12. The normalized spacial score (nSPS) is 17.2. The van der Waals surface area contributed by atoms with E-state index >= 15 is 0 Å². The highest BCUT2D eigenvalue weighted by Crippen LogP contribution is 2.36. The Labute approximate surface area is 130 Å². The Kier molecular flexibility index (Phi) is 4.32. The Morgan fingerprint density at radius 3 is 2.68 bits per heavy atom. The van der Waals surface area contributed by atoms with Crippen molar-refractivity contribution in [3.05, 3.63) is 33.4 Å². The SMILES string of the molecule is Cl.NC1(c2noc(/C=C/c3ccc(I)o3)n2)CCC1. The molecule has 1 fully saturated rings. The van der Waals surface area contributed by atoms with E-state index in [-0.39, 0.29) is 17.9 Å². The van der Waals surface area contributed by atoms with E-state index in [9.17, 15) is 0 Å². The molecule has 2 heterocycles. The molecule has 2 aromatic heterocycles. The van der Waals surface area contributed by atoms with E-state index in [4.69, 9.17) is 14.7 Å². The minimum atomic E-state index is -0.379. The molecule has 5 nitrogen and oxygen atoms in total. The molecule has 0 amide bonds. The fourth-order valence-corrected chi connectivity index (χ4v) is 2.29. The first kappa shape index (κ1) is 14.5. The molecule has 3 rings (SSSR count). The largest absolute Gasteiger partial charge is 0.451 e. The van der Waals surface area contributed by atoms with Crippen LogP contribution in [-0.4, -0.2) is 10.1 Å². The zero-order valence-corrected chi connectivity index (χ0v) is 13.0. The van der Waals surface area contributed by atoms with E-state index in [2.05, 4.69) is 32.7 Å². The van der Waals surface area contributed by atoms with Crippen LogP contribution in [0.25, 0.3) is 12.2 Å². The first-order chi connectivity index (χ1) is 8.66. The molecule has 19 heavy (non-hydrogen) atoms. The Bertz CT molecular complexity index is 589. The van der Waals surface area contributed by atoms with Gasteiger partial charge in [-0.05, 0) is 60.1 Å². The number of aromatic nitrogens is 2. The van der Waals surface area contributed by atoms with Gasteiger partial charge in [0.2, 0.25) is 0 Å². The van der Waals surface area contributed by atoms with Crippen LogP contribution in [0.2, 0.25) is 0 Å². The summed E-state index contributed by atoms with van der Waals surface area (Å²) >= 11 is 2.11. The van der Waals surface area contributed by atoms with Crippen LogP contribution in [0, 0.1) is 3.77 Å². The standard InChI is InChI=1S/C12H12IN3O2.ClH/c13-9-4-2-8(17-9)3-5-10-15-11(16-18-10)12(14)6-1-7-12;/h2-5H,1,6-7,14H2;1H/b5-3+;. The van der Waals surface area contributed by atoms with E-state index in [0.29, 0.717) is 11.7 Å². The quantitative estimate of drug-likeness (QED) is 0.810. The lowest BCUT2D eigenvalue weighted by molar-refractivity contribution is 0.229. The summed E-state index contributed by atoms with van der Waals surface area (Å²) in [7, 11) is 0. The molecule has 102 valence electrons. The van der Waals surface area contributed by atoms with Gasteiger partial charge in [-0.1, -0.05) is 5.16 Å². The predicted octanol–water partition coefficient (Wildman–Crippen LogP) is 3.20. The average Bonchev–Trinajstić information content (AvgIpc) is 2.92. The van der Waals surface area contributed by atoms with Gasteiger partial charge in [0.05, 0.1) is 5.54 Å². The number of halogens is 2. The molecule has 0 unspecified atom stereocenters. The van der Waals surface area contributed by atoms with Crippen molar-refractivity contribution in [2.75, 3.05) is 0 Å². The Morgan fingerprint density at radius 2 is 2.11 bits per heavy atom. The van der Waals surface area contributed by atoms with Crippen LogP contribution in [0.1, 0.15) is 36.7 Å². The third kappa shape index (κ3) is 3.01. The average molecular weight is 394 g/mol. The Morgan fingerprint density at radius 1 is 1.32 bits per heavy atom. The van der Waals surface area contributed by atoms with E-state index in [1.54, 1.807) is 12.2 Å². The van der Waals surface area contributed by atoms with Gasteiger partial charge >= 0.3 is 0 Å². The maximum atomic E-state index is 6.12. The molecule has 7 heteroatoms. The van der Waals surface area contributed by atoms with Gasteiger partial charge in [0, 0.05) is 6.08 Å². The summed E-state index contributed by atoms with van der Waals surface area (Å²) in [6.07, 6.45) is 6.50. The number of nitrogens with zero attached hydrogens (tertiary/aromatic N) is 2. The predicted molar refractivity (Wildman–Crippen MR) is 81.6 cm³/mol. The maximum Gasteiger partial charge on any atom is 0.250 e. The van der Waals surface area contributed by atoms with Crippen LogP contribution >= 0.6 is 35.0 Å². The van der Waals surface area contributed by atoms with Gasteiger partial charge in [0.1, 0.15) is 5.76 Å². The van der Waals surface area contributed by atoms with Gasteiger partial charge < -0.3 is 14.7 Å². The zero-order valence-electron chi connectivity index (χ0n) is 10.0. The summed E-state index contributed by atoms with van der Waals surface area (Å²) in [6.45, 7) is 0. The van der Waals surface area contributed by atoms with Crippen LogP contribution in [0.5, 0.6) is 0 Å². The molecule has 0 bridgehead atoms. The second-order valence-electron chi connectivity index (χ2n) is 4.44. The van der Waals surface area contributed by atoms with Gasteiger partial charge in [-0.15, -0.1) is 12.4 Å². The van der Waals surface area contributed by atoms with E-state index in [0.717, 1.165) is 28.8 Å². The minimum absolute atomic E-state index is 0. The summed E-state index contributed by atoms with van der Waals surface area (Å²) < 4.78 is 11.4. The first-order valence-corrected chi connectivity index (χ1v) is 6.80.